The second-order valence-corrected chi connectivity index (χ2v) is 4.66. The van der Waals surface area contributed by atoms with Crippen LogP contribution >= 0.6 is 15.9 Å². The first-order valence-corrected chi connectivity index (χ1v) is 6.08. The van der Waals surface area contributed by atoms with Gasteiger partial charge in [-0.2, -0.15) is 0 Å². The predicted molar refractivity (Wildman–Crippen MR) is 72.7 cm³/mol. The molecule has 4 nitrogen and oxygen atoms in total. The fourth-order valence-corrected chi connectivity index (χ4v) is 1.92. The Morgan fingerprint density at radius 3 is 2.83 bits per heavy atom. The van der Waals surface area contributed by atoms with Crippen LogP contribution in [0, 0.1) is 6.92 Å². The molecule has 1 heterocycles. The molecule has 92 valence electrons. The average molecular weight is 307 g/mol. The molecule has 1 aromatic heterocycles. The number of pyridine rings is 1. The molecular weight excluding hydrogens is 296 g/mol. The van der Waals surface area contributed by atoms with Crippen molar-refractivity contribution in [3.63, 3.8) is 0 Å². The zero-order chi connectivity index (χ0) is 13.1. The molecule has 1 amide bonds. The van der Waals surface area contributed by atoms with Crippen molar-refractivity contribution in [1.82, 2.24) is 4.98 Å². The highest BCUT2D eigenvalue weighted by atomic mass is 79.9. The molecule has 0 radical (unpaired) electrons. The molecular formula is C13H11BrN2O2. The molecule has 2 aromatic rings. The lowest BCUT2D eigenvalue weighted by Gasteiger charge is -2.08. The molecule has 2 N–H and O–H groups in total. The van der Waals surface area contributed by atoms with E-state index in [1.807, 2.05) is 13.0 Å². The van der Waals surface area contributed by atoms with Gasteiger partial charge in [0.2, 0.25) is 0 Å². The molecule has 5 heteroatoms. The maximum atomic E-state index is 12.0. The molecule has 2 rings (SSSR count). The summed E-state index contributed by atoms with van der Waals surface area (Å²) < 4.78 is 0.606. The molecule has 0 aliphatic heterocycles. The number of hydrogen-bond donors (Lipinski definition) is 2. The van der Waals surface area contributed by atoms with Gasteiger partial charge in [0, 0.05) is 10.7 Å². The lowest BCUT2D eigenvalue weighted by Crippen LogP contribution is -2.14. The predicted octanol–water partition coefficient (Wildman–Crippen LogP) is 3.11. The third kappa shape index (κ3) is 2.68. The number of anilines is 1. The van der Waals surface area contributed by atoms with E-state index in [1.54, 1.807) is 24.3 Å². The molecule has 0 bridgehead atoms. The van der Waals surface area contributed by atoms with E-state index in [1.165, 1.54) is 6.20 Å². The van der Waals surface area contributed by atoms with Crippen LogP contribution in [0.2, 0.25) is 0 Å². The van der Waals surface area contributed by atoms with Crippen LogP contribution in [0.25, 0.3) is 0 Å². The topological polar surface area (TPSA) is 62.2 Å². The Balaban J connectivity index is 2.24. The summed E-state index contributed by atoms with van der Waals surface area (Å²) in [6.45, 7) is 1.86. The maximum absolute atomic E-state index is 12.0. The van der Waals surface area contributed by atoms with E-state index < -0.39 is 0 Å². The summed E-state index contributed by atoms with van der Waals surface area (Å²) in [5, 5.41) is 12.3. The van der Waals surface area contributed by atoms with Crippen molar-refractivity contribution in [1.29, 1.82) is 0 Å². The van der Waals surface area contributed by atoms with Crippen LogP contribution in [0.1, 0.15) is 16.1 Å². The Morgan fingerprint density at radius 1 is 1.39 bits per heavy atom. The number of halogens is 1. The van der Waals surface area contributed by atoms with Gasteiger partial charge in [-0.15, -0.1) is 0 Å². The molecule has 0 fully saturated rings. The van der Waals surface area contributed by atoms with Gasteiger partial charge in [0.15, 0.2) is 0 Å². The number of carbonyl (C=O) groups is 1. The third-order valence-electron chi connectivity index (χ3n) is 2.37. The number of rotatable bonds is 2. The summed E-state index contributed by atoms with van der Waals surface area (Å²) >= 11 is 3.25. The number of amides is 1. The van der Waals surface area contributed by atoms with Crippen molar-refractivity contribution in [2.24, 2.45) is 0 Å². The number of carbonyl (C=O) groups excluding carboxylic acids is 1. The summed E-state index contributed by atoms with van der Waals surface area (Å²) in [7, 11) is 0. The maximum Gasteiger partial charge on any atom is 0.275 e. The first-order valence-electron chi connectivity index (χ1n) is 5.29. The molecule has 0 unspecified atom stereocenters. The van der Waals surface area contributed by atoms with Crippen molar-refractivity contribution < 1.29 is 9.90 Å². The minimum absolute atomic E-state index is 0.0374. The molecule has 1 aromatic carbocycles. The number of aromatic hydroxyl groups is 1. The Hall–Kier alpha value is -1.88. The van der Waals surface area contributed by atoms with Gasteiger partial charge >= 0.3 is 0 Å². The zero-order valence-corrected chi connectivity index (χ0v) is 11.2. The molecule has 0 atom stereocenters. The molecule has 0 spiro atoms. The van der Waals surface area contributed by atoms with Gasteiger partial charge in [-0.05, 0) is 52.7 Å². The van der Waals surface area contributed by atoms with Crippen LogP contribution in [0.5, 0.6) is 5.75 Å². The van der Waals surface area contributed by atoms with Crippen LogP contribution in [0.3, 0.4) is 0 Å². The van der Waals surface area contributed by atoms with Gasteiger partial charge in [0.05, 0.1) is 5.69 Å². The Bertz CT molecular complexity index is 599. The van der Waals surface area contributed by atoms with Crippen molar-refractivity contribution in [2.75, 3.05) is 5.32 Å². The fourth-order valence-electron chi connectivity index (χ4n) is 1.48. The first-order chi connectivity index (χ1) is 8.58. The fraction of sp³-hybridized carbons (Fsp3) is 0.0769. The van der Waals surface area contributed by atoms with E-state index in [4.69, 9.17) is 0 Å². The van der Waals surface area contributed by atoms with E-state index in [0.29, 0.717) is 10.2 Å². The summed E-state index contributed by atoms with van der Waals surface area (Å²) in [6.07, 6.45) is 1.54. The monoisotopic (exact) mass is 306 g/mol. The van der Waals surface area contributed by atoms with Crippen molar-refractivity contribution >= 4 is 27.5 Å². The Morgan fingerprint density at radius 2 is 2.17 bits per heavy atom. The van der Waals surface area contributed by atoms with Gasteiger partial charge in [0.25, 0.3) is 5.91 Å². The molecule has 0 saturated carbocycles. The van der Waals surface area contributed by atoms with Crippen LogP contribution in [-0.4, -0.2) is 16.0 Å². The van der Waals surface area contributed by atoms with Crippen molar-refractivity contribution in [2.45, 2.75) is 6.92 Å². The molecule has 0 aliphatic carbocycles. The Labute approximate surface area is 113 Å². The van der Waals surface area contributed by atoms with E-state index in [2.05, 4.69) is 26.2 Å². The van der Waals surface area contributed by atoms with E-state index >= 15 is 0 Å². The molecule has 18 heavy (non-hydrogen) atoms. The smallest absolute Gasteiger partial charge is 0.275 e. The van der Waals surface area contributed by atoms with E-state index in [-0.39, 0.29) is 17.4 Å². The van der Waals surface area contributed by atoms with Gasteiger partial charge in [0.1, 0.15) is 11.4 Å². The highest BCUT2D eigenvalue weighted by molar-refractivity contribution is 9.10. The number of phenolic OH excluding ortho intramolecular Hbond substituents is 1. The summed E-state index contributed by atoms with van der Waals surface area (Å²) in [5.74, 6) is -0.336. The van der Waals surface area contributed by atoms with Crippen molar-refractivity contribution in [3.8, 4) is 5.75 Å². The summed E-state index contributed by atoms with van der Waals surface area (Å²) in [5.41, 5.74) is 1.56. The van der Waals surface area contributed by atoms with Gasteiger partial charge in [-0.1, -0.05) is 6.07 Å². The SMILES string of the molecule is Cc1ccc(NC(=O)c2ncccc2Br)c(O)c1. The van der Waals surface area contributed by atoms with Crippen molar-refractivity contribution in [3.05, 3.63) is 52.3 Å². The standard InChI is InChI=1S/C13H11BrN2O2/c1-8-4-5-10(11(17)7-8)16-13(18)12-9(14)3-2-6-15-12/h2-7,17H,1H3,(H,16,18). The minimum Gasteiger partial charge on any atom is -0.506 e. The van der Waals surface area contributed by atoms with Gasteiger partial charge < -0.3 is 10.4 Å². The normalized spacial score (nSPS) is 10.1. The molecule has 0 saturated heterocycles. The van der Waals surface area contributed by atoms with Crippen LogP contribution < -0.4 is 5.32 Å². The van der Waals surface area contributed by atoms with E-state index in [9.17, 15) is 9.90 Å². The first kappa shape index (κ1) is 12.6. The molecule has 0 aliphatic rings. The van der Waals surface area contributed by atoms with E-state index in [0.717, 1.165) is 5.56 Å². The van der Waals surface area contributed by atoms with Crippen LogP contribution in [-0.2, 0) is 0 Å². The summed E-state index contributed by atoms with van der Waals surface area (Å²) in [4.78, 5) is 15.9. The number of benzene rings is 1. The second-order valence-electron chi connectivity index (χ2n) is 3.81. The van der Waals surface area contributed by atoms with Gasteiger partial charge in [-0.3, -0.25) is 4.79 Å². The van der Waals surface area contributed by atoms with Crippen LogP contribution in [0.15, 0.2) is 41.0 Å². The average Bonchev–Trinajstić information content (AvgIpc) is 2.33. The number of aryl methyl sites for hydroxylation is 1. The highest BCUT2D eigenvalue weighted by Crippen LogP contribution is 2.25. The van der Waals surface area contributed by atoms with Crippen LogP contribution in [0.4, 0.5) is 5.69 Å². The number of phenols is 1. The highest BCUT2D eigenvalue weighted by Gasteiger charge is 2.12. The number of nitrogens with one attached hydrogen (secondary N) is 1. The number of hydrogen-bond acceptors (Lipinski definition) is 3. The quantitative estimate of drug-likeness (QED) is 0.838. The Kier molecular flexibility index (Phi) is 3.62. The second kappa shape index (κ2) is 5.18. The lowest BCUT2D eigenvalue weighted by molar-refractivity contribution is 0.102. The lowest BCUT2D eigenvalue weighted by atomic mass is 10.2. The summed E-state index contributed by atoms with van der Waals surface area (Å²) in [6, 6.07) is 8.51. The minimum atomic E-state index is -0.373. The van der Waals surface area contributed by atoms with Gasteiger partial charge in [-0.25, -0.2) is 4.98 Å². The number of aromatic nitrogens is 1. The zero-order valence-electron chi connectivity index (χ0n) is 9.64. The number of nitrogens with zero attached hydrogens (tertiary/aromatic N) is 1. The third-order valence-corrected chi connectivity index (χ3v) is 3.01. The largest absolute Gasteiger partial charge is 0.506 e.